The van der Waals surface area contributed by atoms with Gasteiger partial charge in [-0.25, -0.2) is 0 Å². The Balaban J connectivity index is 1.42. The van der Waals surface area contributed by atoms with Crippen molar-refractivity contribution in [1.29, 1.82) is 0 Å². The number of rotatable bonds is 9. The molecule has 5 rings (SSSR count). The van der Waals surface area contributed by atoms with Crippen LogP contribution in [0.2, 0.25) is 0 Å². The van der Waals surface area contributed by atoms with E-state index >= 15 is 0 Å². The summed E-state index contributed by atoms with van der Waals surface area (Å²) in [6.07, 6.45) is -10.1. The maximum absolute atomic E-state index is 13.0. The minimum atomic E-state index is -1.77. The quantitative estimate of drug-likeness (QED) is 0.116. The van der Waals surface area contributed by atoms with Gasteiger partial charge < -0.3 is 83.7 Å². The maximum atomic E-state index is 13.0. The van der Waals surface area contributed by atoms with Crippen LogP contribution >= 0.6 is 0 Å². The molecule has 0 radical (unpaired) electrons. The summed E-state index contributed by atoms with van der Waals surface area (Å²) in [4.78, 5) is 13.0. The molecule has 17 nitrogen and oxygen atoms in total. The van der Waals surface area contributed by atoms with E-state index in [2.05, 4.69) is 16.0 Å². The van der Waals surface area contributed by atoms with Crippen molar-refractivity contribution in [2.75, 3.05) is 26.2 Å². The van der Waals surface area contributed by atoms with Gasteiger partial charge in [0.05, 0.1) is 43.1 Å². The molecular formula is C25H47N7O10. The van der Waals surface area contributed by atoms with Gasteiger partial charge in [0.15, 0.2) is 11.9 Å². The van der Waals surface area contributed by atoms with Gasteiger partial charge in [-0.1, -0.05) is 0 Å². The fourth-order valence-electron chi connectivity index (χ4n) is 6.64. The molecule has 0 aromatic rings. The number of amides is 1. The van der Waals surface area contributed by atoms with Gasteiger partial charge in [0, 0.05) is 56.1 Å². The molecule has 17 N–H and O–H groups in total. The Morgan fingerprint density at radius 1 is 1.00 bits per heavy atom. The van der Waals surface area contributed by atoms with Gasteiger partial charge in [-0.2, -0.15) is 0 Å². The first-order valence-electron chi connectivity index (χ1n) is 14.7. The molecule has 42 heavy (non-hydrogen) atoms. The zero-order valence-electron chi connectivity index (χ0n) is 23.3. The molecule has 2 aliphatic carbocycles. The first-order valence-corrected chi connectivity index (χ1v) is 14.7. The van der Waals surface area contributed by atoms with Crippen LogP contribution in [0, 0.1) is 5.92 Å². The fourth-order valence-corrected chi connectivity index (χ4v) is 6.64. The van der Waals surface area contributed by atoms with Crippen molar-refractivity contribution in [1.82, 2.24) is 16.0 Å². The highest BCUT2D eigenvalue weighted by molar-refractivity contribution is 5.89. The smallest absolute Gasteiger partial charge is 0.253 e. The molecule has 242 valence electrons. The third-order valence-corrected chi connectivity index (χ3v) is 9.57. The molecule has 2 saturated carbocycles. The van der Waals surface area contributed by atoms with Crippen LogP contribution in [0.4, 0.5) is 0 Å². The van der Waals surface area contributed by atoms with E-state index in [4.69, 9.17) is 37.1 Å². The topological polar surface area (TPSA) is 306 Å². The minimum Gasteiger partial charge on any atom is -0.394 e. The van der Waals surface area contributed by atoms with E-state index in [0.29, 0.717) is 6.42 Å². The number of ether oxygens (including phenoxy) is 3. The highest BCUT2D eigenvalue weighted by atomic mass is 16.7. The molecule has 0 aromatic heterocycles. The van der Waals surface area contributed by atoms with Gasteiger partial charge in [0.2, 0.25) is 0 Å². The Morgan fingerprint density at radius 3 is 2.26 bits per heavy atom. The second-order valence-electron chi connectivity index (χ2n) is 12.5. The number of aliphatic hydroxyl groups is 6. The molecule has 5 aliphatic rings. The lowest BCUT2D eigenvalue weighted by molar-refractivity contribution is -0.307. The number of carbonyl (C=O) groups is 1. The van der Waals surface area contributed by atoms with E-state index in [1.54, 1.807) is 0 Å². The summed E-state index contributed by atoms with van der Waals surface area (Å²) >= 11 is 0. The van der Waals surface area contributed by atoms with Crippen LogP contribution in [0.5, 0.6) is 0 Å². The molecule has 0 spiro atoms. The van der Waals surface area contributed by atoms with Gasteiger partial charge >= 0.3 is 0 Å². The zero-order valence-corrected chi connectivity index (χ0v) is 23.3. The molecule has 0 bridgehead atoms. The van der Waals surface area contributed by atoms with E-state index in [1.165, 1.54) is 0 Å². The van der Waals surface area contributed by atoms with E-state index < -0.39 is 109 Å². The normalized spacial score (nSPS) is 51.5. The van der Waals surface area contributed by atoms with Gasteiger partial charge in [0.25, 0.3) is 5.91 Å². The van der Waals surface area contributed by atoms with Crippen LogP contribution in [0.25, 0.3) is 0 Å². The molecule has 16 unspecified atom stereocenters. The van der Waals surface area contributed by atoms with Crippen LogP contribution in [0.3, 0.4) is 0 Å². The summed E-state index contributed by atoms with van der Waals surface area (Å²) < 4.78 is 18.0. The van der Waals surface area contributed by atoms with Crippen LogP contribution in [-0.2, 0) is 19.0 Å². The van der Waals surface area contributed by atoms with E-state index in [-0.39, 0.29) is 25.4 Å². The summed E-state index contributed by atoms with van der Waals surface area (Å²) in [7, 11) is 0. The molecular weight excluding hydrogens is 558 g/mol. The standard InChI is InChI=1S/C25H47N7O10/c26-4-13-12(34)2-11(31-8-5-30-6-8)21(40-13)16-9(27)1-10(32-24(38)25(39)3-15(25)28)22(19(16)36)42-23-20(37)17(29)18(35)14(7-33)41-23/h8-23,30-31,33-37,39H,1-7,26-29H2,(H,32,38). The maximum Gasteiger partial charge on any atom is 0.253 e. The molecule has 5 fully saturated rings. The summed E-state index contributed by atoms with van der Waals surface area (Å²) in [6, 6.07) is -3.99. The van der Waals surface area contributed by atoms with Crippen LogP contribution in [0.1, 0.15) is 19.3 Å². The predicted octanol–water partition coefficient (Wildman–Crippen LogP) is -7.80. The monoisotopic (exact) mass is 605 g/mol. The van der Waals surface area contributed by atoms with Crippen molar-refractivity contribution in [2.24, 2.45) is 28.9 Å². The molecule has 3 heterocycles. The number of hydrogen-bond acceptors (Lipinski definition) is 16. The van der Waals surface area contributed by atoms with Crippen molar-refractivity contribution in [3.05, 3.63) is 0 Å². The lowest BCUT2D eigenvalue weighted by atomic mass is 9.71. The largest absolute Gasteiger partial charge is 0.394 e. The summed E-state index contributed by atoms with van der Waals surface area (Å²) in [5.41, 5.74) is 22.5. The second-order valence-corrected chi connectivity index (χ2v) is 12.5. The van der Waals surface area contributed by atoms with Crippen molar-refractivity contribution >= 4 is 5.91 Å². The molecule has 3 saturated heterocycles. The number of aliphatic hydroxyl groups excluding tert-OH is 5. The Kier molecular flexibility index (Phi) is 9.76. The zero-order chi connectivity index (χ0) is 30.5. The predicted molar refractivity (Wildman–Crippen MR) is 144 cm³/mol. The van der Waals surface area contributed by atoms with Crippen LogP contribution < -0.4 is 38.9 Å². The van der Waals surface area contributed by atoms with Gasteiger partial charge in [-0.15, -0.1) is 0 Å². The average molecular weight is 606 g/mol. The van der Waals surface area contributed by atoms with Crippen molar-refractivity contribution in [3.8, 4) is 0 Å². The first kappa shape index (κ1) is 32.3. The third-order valence-electron chi connectivity index (χ3n) is 9.57. The minimum absolute atomic E-state index is 0.0374. The molecule has 3 aliphatic heterocycles. The van der Waals surface area contributed by atoms with Crippen LogP contribution in [-0.4, -0.2) is 160 Å². The Hall–Kier alpha value is -1.13. The number of carbonyl (C=O) groups excluding carboxylic acids is 1. The van der Waals surface area contributed by atoms with Gasteiger partial charge in [-0.05, 0) is 12.8 Å². The SMILES string of the molecule is NCC1OC(C2C(N)CC(NC(=O)C3(O)CC3N)C(OC3OC(CO)C(O)C(N)C3O)C2O)C(NC2CNC2)CC1O. The Labute approximate surface area is 243 Å². The average Bonchev–Trinajstić information content (AvgIpc) is 3.56. The van der Waals surface area contributed by atoms with Gasteiger partial charge in [0.1, 0.15) is 24.4 Å². The van der Waals surface area contributed by atoms with Crippen molar-refractivity contribution < 1.29 is 49.6 Å². The van der Waals surface area contributed by atoms with E-state index in [0.717, 1.165) is 13.1 Å². The number of nitrogens with two attached hydrogens (primary N) is 4. The second kappa shape index (κ2) is 12.7. The Bertz CT molecular complexity index is 951. The highest BCUT2D eigenvalue weighted by Crippen LogP contribution is 2.39. The third kappa shape index (κ3) is 6.07. The Morgan fingerprint density at radius 2 is 1.69 bits per heavy atom. The van der Waals surface area contributed by atoms with E-state index in [1.807, 2.05) is 0 Å². The highest BCUT2D eigenvalue weighted by Gasteiger charge is 2.59. The molecule has 0 aromatic carbocycles. The summed E-state index contributed by atoms with van der Waals surface area (Å²) in [6.45, 7) is 0.864. The number of nitrogens with one attached hydrogen (secondary N) is 3. The lowest BCUT2D eigenvalue weighted by Gasteiger charge is -2.52. The molecule has 16 atom stereocenters. The summed E-state index contributed by atoms with van der Waals surface area (Å²) in [5, 5.41) is 73.1. The first-order chi connectivity index (χ1) is 19.9. The molecule has 17 heteroatoms. The molecule has 1 amide bonds. The number of hydrogen-bond donors (Lipinski definition) is 13. The van der Waals surface area contributed by atoms with Crippen LogP contribution in [0.15, 0.2) is 0 Å². The van der Waals surface area contributed by atoms with Crippen molar-refractivity contribution in [3.63, 3.8) is 0 Å². The fraction of sp³-hybridized carbons (Fsp3) is 0.960. The lowest BCUT2D eigenvalue weighted by Crippen LogP contribution is -2.71. The summed E-state index contributed by atoms with van der Waals surface area (Å²) in [5.74, 6) is -1.55. The van der Waals surface area contributed by atoms with E-state index in [9.17, 15) is 35.4 Å². The van der Waals surface area contributed by atoms with Crippen molar-refractivity contribution in [2.45, 2.75) is 116 Å². The van der Waals surface area contributed by atoms with Gasteiger partial charge in [-0.3, -0.25) is 4.79 Å².